The minimum atomic E-state index is -0.362. The van der Waals surface area contributed by atoms with Crippen molar-refractivity contribution in [2.45, 2.75) is 33.2 Å². The number of rotatable bonds is 4. The second-order valence-corrected chi connectivity index (χ2v) is 7.54. The lowest BCUT2D eigenvalue weighted by Crippen LogP contribution is -2.34. The van der Waals surface area contributed by atoms with Crippen molar-refractivity contribution in [3.05, 3.63) is 65.4 Å². The molecular weight excluding hydrogens is 352 g/mol. The Labute approximate surface area is 164 Å². The molecule has 1 fully saturated rings. The lowest BCUT2D eigenvalue weighted by molar-refractivity contribution is -0.127. The van der Waals surface area contributed by atoms with Crippen molar-refractivity contribution in [3.8, 4) is 0 Å². The van der Waals surface area contributed by atoms with E-state index in [4.69, 9.17) is 4.42 Å². The zero-order chi connectivity index (χ0) is 19.8. The number of fused-ring (bicyclic) bond motifs is 1. The Morgan fingerprint density at radius 1 is 1.18 bits per heavy atom. The van der Waals surface area contributed by atoms with Crippen LogP contribution >= 0.6 is 0 Å². The number of hydrogen-bond donors (Lipinski definition) is 1. The number of nitrogens with zero attached hydrogens (tertiary/aromatic N) is 1. The van der Waals surface area contributed by atoms with Crippen LogP contribution in [0.1, 0.15) is 36.3 Å². The molecule has 0 aliphatic carbocycles. The highest BCUT2D eigenvalue weighted by atomic mass is 16.3. The number of para-hydroxylation sites is 1. The number of benzene rings is 2. The van der Waals surface area contributed by atoms with Gasteiger partial charge in [-0.3, -0.25) is 9.59 Å². The normalized spacial score (nSPS) is 17.9. The lowest BCUT2D eigenvalue weighted by Gasteiger charge is -2.20. The van der Waals surface area contributed by atoms with Crippen LogP contribution < -0.4 is 10.2 Å². The quantitative estimate of drug-likeness (QED) is 0.739. The van der Waals surface area contributed by atoms with Gasteiger partial charge in [-0.2, -0.15) is 0 Å². The summed E-state index contributed by atoms with van der Waals surface area (Å²) in [5.41, 5.74) is 3.91. The Hall–Kier alpha value is -3.08. The van der Waals surface area contributed by atoms with Crippen molar-refractivity contribution in [1.82, 2.24) is 5.32 Å². The van der Waals surface area contributed by atoms with Crippen molar-refractivity contribution in [1.29, 1.82) is 0 Å². The molecule has 1 aliphatic rings. The van der Waals surface area contributed by atoms with Crippen molar-refractivity contribution in [3.63, 3.8) is 0 Å². The minimum absolute atomic E-state index is 0.00904. The van der Waals surface area contributed by atoms with Crippen molar-refractivity contribution < 1.29 is 14.0 Å². The van der Waals surface area contributed by atoms with E-state index in [1.165, 1.54) is 0 Å². The summed E-state index contributed by atoms with van der Waals surface area (Å²) in [6, 6.07) is 15.4. The van der Waals surface area contributed by atoms with Crippen LogP contribution in [-0.2, 0) is 9.59 Å². The molecule has 3 aromatic rings. The zero-order valence-corrected chi connectivity index (χ0v) is 16.4. The Kier molecular flexibility index (Phi) is 4.67. The lowest BCUT2D eigenvalue weighted by atomic mass is 10.1. The topological polar surface area (TPSA) is 62.6 Å². The number of hydrogen-bond acceptors (Lipinski definition) is 3. The Morgan fingerprint density at radius 3 is 2.75 bits per heavy atom. The standard InChI is InChI=1S/C23H24N2O3/c1-14-7-6-9-19(15(14)2)25-13-18(12-22(25)26)23(27)24-16(3)21-11-17-8-4-5-10-20(17)28-21/h4-11,16,18H,12-13H2,1-3H3,(H,24,27). The Bertz CT molecular complexity index is 1020. The molecular formula is C23H24N2O3. The highest BCUT2D eigenvalue weighted by molar-refractivity contribution is 6.01. The molecule has 2 aromatic carbocycles. The van der Waals surface area contributed by atoms with Crippen molar-refractivity contribution in [2.75, 3.05) is 11.4 Å². The van der Waals surface area contributed by atoms with Crippen LogP contribution in [0.5, 0.6) is 0 Å². The first-order valence-electron chi connectivity index (χ1n) is 9.59. The van der Waals surface area contributed by atoms with Gasteiger partial charge < -0.3 is 14.6 Å². The van der Waals surface area contributed by atoms with E-state index in [0.717, 1.165) is 27.8 Å². The van der Waals surface area contributed by atoms with Crippen LogP contribution in [0.15, 0.2) is 52.9 Å². The Balaban J connectivity index is 1.46. The molecule has 1 N–H and O–H groups in total. The summed E-state index contributed by atoms with van der Waals surface area (Å²) in [6.45, 7) is 6.34. The second-order valence-electron chi connectivity index (χ2n) is 7.54. The van der Waals surface area contributed by atoms with E-state index < -0.39 is 0 Å². The van der Waals surface area contributed by atoms with Gasteiger partial charge in [0.25, 0.3) is 0 Å². The molecule has 0 spiro atoms. The number of nitrogens with one attached hydrogen (secondary N) is 1. The van der Waals surface area contributed by atoms with Gasteiger partial charge in [0.15, 0.2) is 0 Å². The SMILES string of the molecule is Cc1cccc(N2CC(C(=O)NC(C)c3cc4ccccc4o3)CC2=O)c1C. The molecule has 0 radical (unpaired) electrons. The molecule has 5 nitrogen and oxygen atoms in total. The van der Waals surface area contributed by atoms with Crippen LogP contribution in [0, 0.1) is 19.8 Å². The highest BCUT2D eigenvalue weighted by Crippen LogP contribution is 2.30. The zero-order valence-electron chi connectivity index (χ0n) is 16.4. The monoisotopic (exact) mass is 376 g/mol. The molecule has 144 valence electrons. The molecule has 0 saturated carbocycles. The third-order valence-electron chi connectivity index (χ3n) is 5.59. The number of amides is 2. The van der Waals surface area contributed by atoms with Crippen LogP contribution in [0.25, 0.3) is 11.0 Å². The average molecular weight is 376 g/mol. The number of furan rings is 1. The maximum Gasteiger partial charge on any atom is 0.227 e. The summed E-state index contributed by atoms with van der Waals surface area (Å²) in [5, 5.41) is 4.02. The number of anilines is 1. The predicted molar refractivity (Wildman–Crippen MR) is 109 cm³/mol. The summed E-state index contributed by atoms with van der Waals surface area (Å²) < 4.78 is 5.84. The van der Waals surface area contributed by atoms with Crippen molar-refractivity contribution >= 4 is 28.5 Å². The molecule has 1 saturated heterocycles. The second kappa shape index (κ2) is 7.15. The fourth-order valence-electron chi connectivity index (χ4n) is 3.76. The van der Waals surface area contributed by atoms with E-state index >= 15 is 0 Å². The van der Waals surface area contributed by atoms with E-state index in [0.29, 0.717) is 12.3 Å². The number of carbonyl (C=O) groups is 2. The van der Waals surface area contributed by atoms with Gasteiger partial charge in [0.2, 0.25) is 11.8 Å². The number of carbonyl (C=O) groups excluding carboxylic acids is 2. The van der Waals surface area contributed by atoms with Gasteiger partial charge in [0.05, 0.1) is 12.0 Å². The fraction of sp³-hybridized carbons (Fsp3) is 0.304. The van der Waals surface area contributed by atoms with Crippen LogP contribution in [-0.4, -0.2) is 18.4 Å². The molecule has 4 rings (SSSR count). The van der Waals surface area contributed by atoms with E-state index in [2.05, 4.69) is 5.32 Å². The summed E-state index contributed by atoms with van der Waals surface area (Å²) in [7, 11) is 0. The third kappa shape index (κ3) is 3.28. The van der Waals surface area contributed by atoms with E-state index in [9.17, 15) is 9.59 Å². The molecule has 1 aromatic heterocycles. The molecule has 0 bridgehead atoms. The predicted octanol–water partition coefficient (Wildman–Crippen LogP) is 4.28. The van der Waals surface area contributed by atoms with E-state index in [1.54, 1.807) is 4.90 Å². The maximum atomic E-state index is 12.8. The number of aryl methyl sites for hydroxylation is 1. The molecule has 2 amide bonds. The van der Waals surface area contributed by atoms with Gasteiger partial charge in [0, 0.05) is 24.0 Å². The summed E-state index contributed by atoms with van der Waals surface area (Å²) in [4.78, 5) is 27.1. The largest absolute Gasteiger partial charge is 0.459 e. The van der Waals surface area contributed by atoms with E-state index in [1.807, 2.05) is 69.3 Å². The molecule has 5 heteroatoms. The maximum absolute atomic E-state index is 12.8. The first kappa shape index (κ1) is 18.3. The van der Waals surface area contributed by atoms with Crippen LogP contribution in [0.4, 0.5) is 5.69 Å². The van der Waals surface area contributed by atoms with Crippen molar-refractivity contribution in [2.24, 2.45) is 5.92 Å². The van der Waals surface area contributed by atoms with Gasteiger partial charge in [0.1, 0.15) is 11.3 Å². The molecule has 2 heterocycles. The smallest absolute Gasteiger partial charge is 0.227 e. The van der Waals surface area contributed by atoms with Gasteiger partial charge in [-0.15, -0.1) is 0 Å². The highest BCUT2D eigenvalue weighted by Gasteiger charge is 2.36. The van der Waals surface area contributed by atoms with E-state index in [-0.39, 0.29) is 30.2 Å². The third-order valence-corrected chi connectivity index (χ3v) is 5.59. The minimum Gasteiger partial charge on any atom is -0.459 e. The molecule has 2 unspecified atom stereocenters. The molecule has 1 aliphatic heterocycles. The first-order valence-corrected chi connectivity index (χ1v) is 9.59. The first-order chi connectivity index (χ1) is 13.4. The molecule has 28 heavy (non-hydrogen) atoms. The average Bonchev–Trinajstić information content (AvgIpc) is 3.28. The van der Waals surface area contributed by atoms with Crippen LogP contribution in [0.3, 0.4) is 0 Å². The van der Waals surface area contributed by atoms with Gasteiger partial charge >= 0.3 is 0 Å². The van der Waals surface area contributed by atoms with Crippen LogP contribution in [0.2, 0.25) is 0 Å². The van der Waals surface area contributed by atoms with Gasteiger partial charge in [-0.25, -0.2) is 0 Å². The summed E-state index contributed by atoms with van der Waals surface area (Å²) in [6.07, 6.45) is 0.228. The Morgan fingerprint density at radius 2 is 1.96 bits per heavy atom. The fourth-order valence-corrected chi connectivity index (χ4v) is 3.76. The summed E-state index contributed by atoms with van der Waals surface area (Å²) >= 11 is 0. The van der Waals surface area contributed by atoms with Gasteiger partial charge in [-0.1, -0.05) is 30.3 Å². The molecule has 2 atom stereocenters. The summed E-state index contributed by atoms with van der Waals surface area (Å²) in [5.74, 6) is 0.226. The van der Waals surface area contributed by atoms with Gasteiger partial charge in [-0.05, 0) is 50.1 Å².